The Kier molecular flexibility index (Phi) is 4.78. The van der Waals surface area contributed by atoms with Crippen molar-refractivity contribution in [2.75, 3.05) is 6.54 Å². The standard InChI is InChI=1S/C12H25NS/c1-10(9-13-12(2,3)4)14-11-7-5-6-8-11/h10-11,13H,5-9H2,1-4H3. The highest BCUT2D eigenvalue weighted by molar-refractivity contribution is 8.00. The largest absolute Gasteiger partial charge is 0.311 e. The van der Waals surface area contributed by atoms with Crippen molar-refractivity contribution in [3.05, 3.63) is 0 Å². The SMILES string of the molecule is CC(CNC(C)(C)C)SC1CCCC1. The smallest absolute Gasteiger partial charge is 0.0147 e. The fourth-order valence-corrected chi connectivity index (χ4v) is 3.29. The van der Waals surface area contributed by atoms with E-state index in [0.717, 1.165) is 17.0 Å². The van der Waals surface area contributed by atoms with Gasteiger partial charge in [0.1, 0.15) is 0 Å². The molecule has 0 amide bonds. The molecule has 0 bridgehead atoms. The molecule has 1 atom stereocenters. The van der Waals surface area contributed by atoms with Gasteiger partial charge >= 0.3 is 0 Å². The van der Waals surface area contributed by atoms with Gasteiger partial charge in [0.15, 0.2) is 0 Å². The summed E-state index contributed by atoms with van der Waals surface area (Å²) in [6, 6.07) is 0. The van der Waals surface area contributed by atoms with Gasteiger partial charge in [-0.2, -0.15) is 11.8 Å². The first kappa shape index (κ1) is 12.4. The molecule has 1 aliphatic rings. The van der Waals surface area contributed by atoms with Crippen molar-refractivity contribution in [2.24, 2.45) is 0 Å². The van der Waals surface area contributed by atoms with E-state index in [9.17, 15) is 0 Å². The lowest BCUT2D eigenvalue weighted by molar-refractivity contribution is 0.429. The summed E-state index contributed by atoms with van der Waals surface area (Å²) >= 11 is 2.19. The first-order chi connectivity index (χ1) is 6.47. The molecule has 2 heteroatoms. The fraction of sp³-hybridized carbons (Fsp3) is 1.00. The molecule has 0 aliphatic heterocycles. The van der Waals surface area contributed by atoms with Crippen molar-refractivity contribution < 1.29 is 0 Å². The van der Waals surface area contributed by atoms with Crippen LogP contribution in [0.1, 0.15) is 53.4 Å². The zero-order valence-electron chi connectivity index (χ0n) is 10.1. The van der Waals surface area contributed by atoms with Gasteiger partial charge in [-0.3, -0.25) is 0 Å². The number of hydrogen-bond donors (Lipinski definition) is 1. The van der Waals surface area contributed by atoms with E-state index in [4.69, 9.17) is 0 Å². The average molecular weight is 215 g/mol. The molecule has 0 aromatic heterocycles. The molecule has 0 saturated heterocycles. The van der Waals surface area contributed by atoms with Gasteiger partial charge in [0.05, 0.1) is 0 Å². The molecule has 1 aliphatic carbocycles. The molecule has 0 aromatic carbocycles. The summed E-state index contributed by atoms with van der Waals surface area (Å²) in [7, 11) is 0. The zero-order valence-corrected chi connectivity index (χ0v) is 10.9. The van der Waals surface area contributed by atoms with E-state index in [2.05, 4.69) is 44.8 Å². The number of thioether (sulfide) groups is 1. The predicted molar refractivity (Wildman–Crippen MR) is 67.1 cm³/mol. The van der Waals surface area contributed by atoms with Crippen LogP contribution in [0.15, 0.2) is 0 Å². The minimum Gasteiger partial charge on any atom is -0.311 e. The molecule has 1 unspecified atom stereocenters. The Bertz CT molecular complexity index is 156. The van der Waals surface area contributed by atoms with E-state index in [0.29, 0.717) is 0 Å². The molecule has 0 aromatic rings. The highest BCUT2D eigenvalue weighted by Gasteiger charge is 2.19. The quantitative estimate of drug-likeness (QED) is 0.771. The molecule has 1 rings (SSSR count). The Balaban J connectivity index is 2.12. The molecule has 1 saturated carbocycles. The van der Waals surface area contributed by atoms with E-state index >= 15 is 0 Å². The predicted octanol–water partition coefficient (Wildman–Crippen LogP) is 3.44. The van der Waals surface area contributed by atoms with Crippen molar-refractivity contribution in [1.82, 2.24) is 5.32 Å². The average Bonchev–Trinajstić information content (AvgIpc) is 2.52. The molecule has 1 N–H and O–H groups in total. The van der Waals surface area contributed by atoms with Crippen molar-refractivity contribution in [1.29, 1.82) is 0 Å². The van der Waals surface area contributed by atoms with Gasteiger partial charge in [0, 0.05) is 22.6 Å². The molecular formula is C12H25NS. The summed E-state index contributed by atoms with van der Waals surface area (Å²) in [6.07, 6.45) is 5.81. The molecule has 14 heavy (non-hydrogen) atoms. The van der Waals surface area contributed by atoms with Crippen LogP contribution >= 0.6 is 11.8 Å². The van der Waals surface area contributed by atoms with E-state index in [1.54, 1.807) is 0 Å². The highest BCUT2D eigenvalue weighted by atomic mass is 32.2. The second-order valence-electron chi connectivity index (χ2n) is 5.48. The lowest BCUT2D eigenvalue weighted by atomic mass is 10.1. The van der Waals surface area contributed by atoms with Crippen molar-refractivity contribution in [2.45, 2.75) is 69.4 Å². The fourth-order valence-electron chi connectivity index (χ4n) is 1.85. The van der Waals surface area contributed by atoms with Gasteiger partial charge in [0.2, 0.25) is 0 Å². The Hall–Kier alpha value is 0.310. The van der Waals surface area contributed by atoms with Crippen molar-refractivity contribution in [3.8, 4) is 0 Å². The Morgan fingerprint density at radius 3 is 2.36 bits per heavy atom. The normalized spacial score (nSPS) is 21.4. The second-order valence-corrected chi connectivity index (χ2v) is 7.23. The van der Waals surface area contributed by atoms with Crippen LogP contribution in [0.4, 0.5) is 0 Å². The van der Waals surface area contributed by atoms with Crippen LogP contribution in [0.2, 0.25) is 0 Å². The van der Waals surface area contributed by atoms with Gasteiger partial charge in [-0.25, -0.2) is 0 Å². The van der Waals surface area contributed by atoms with E-state index < -0.39 is 0 Å². The van der Waals surface area contributed by atoms with Gasteiger partial charge in [-0.1, -0.05) is 19.8 Å². The number of hydrogen-bond acceptors (Lipinski definition) is 2. The van der Waals surface area contributed by atoms with Crippen LogP contribution in [0, 0.1) is 0 Å². The Morgan fingerprint density at radius 1 is 1.29 bits per heavy atom. The molecule has 0 spiro atoms. The maximum Gasteiger partial charge on any atom is 0.0147 e. The summed E-state index contributed by atoms with van der Waals surface area (Å²) in [5.74, 6) is 0. The highest BCUT2D eigenvalue weighted by Crippen LogP contribution is 2.31. The van der Waals surface area contributed by atoms with E-state index in [-0.39, 0.29) is 5.54 Å². The minimum atomic E-state index is 0.268. The van der Waals surface area contributed by atoms with Crippen LogP contribution in [0.25, 0.3) is 0 Å². The molecule has 0 radical (unpaired) electrons. The topological polar surface area (TPSA) is 12.0 Å². The van der Waals surface area contributed by atoms with E-state index in [1.165, 1.54) is 25.7 Å². The summed E-state index contributed by atoms with van der Waals surface area (Å²) in [6.45, 7) is 10.2. The summed E-state index contributed by atoms with van der Waals surface area (Å²) < 4.78 is 0. The summed E-state index contributed by atoms with van der Waals surface area (Å²) in [5, 5.41) is 5.29. The number of rotatable bonds is 4. The van der Waals surface area contributed by atoms with Crippen LogP contribution in [0.3, 0.4) is 0 Å². The van der Waals surface area contributed by atoms with Crippen LogP contribution in [-0.2, 0) is 0 Å². The van der Waals surface area contributed by atoms with Crippen molar-refractivity contribution >= 4 is 11.8 Å². The third-order valence-electron chi connectivity index (χ3n) is 2.65. The van der Waals surface area contributed by atoms with Gasteiger partial charge in [-0.15, -0.1) is 0 Å². The van der Waals surface area contributed by atoms with Crippen molar-refractivity contribution in [3.63, 3.8) is 0 Å². The third kappa shape index (κ3) is 5.26. The molecule has 1 fully saturated rings. The maximum atomic E-state index is 3.57. The maximum absolute atomic E-state index is 3.57. The Labute approximate surface area is 93.4 Å². The molecule has 1 nitrogen and oxygen atoms in total. The summed E-state index contributed by atoms with van der Waals surface area (Å²) in [4.78, 5) is 0. The van der Waals surface area contributed by atoms with Crippen LogP contribution in [0.5, 0.6) is 0 Å². The zero-order chi connectivity index (χ0) is 10.6. The van der Waals surface area contributed by atoms with Gasteiger partial charge in [-0.05, 0) is 33.6 Å². The first-order valence-electron chi connectivity index (χ1n) is 5.88. The third-order valence-corrected chi connectivity index (χ3v) is 4.13. The lowest BCUT2D eigenvalue weighted by Gasteiger charge is -2.24. The second kappa shape index (κ2) is 5.41. The van der Waals surface area contributed by atoms with Crippen LogP contribution < -0.4 is 5.32 Å². The molecule has 84 valence electrons. The van der Waals surface area contributed by atoms with Gasteiger partial charge < -0.3 is 5.32 Å². The van der Waals surface area contributed by atoms with Crippen LogP contribution in [-0.4, -0.2) is 22.6 Å². The summed E-state index contributed by atoms with van der Waals surface area (Å²) in [5.41, 5.74) is 0.268. The van der Waals surface area contributed by atoms with E-state index in [1.807, 2.05) is 0 Å². The minimum absolute atomic E-state index is 0.268. The first-order valence-corrected chi connectivity index (χ1v) is 6.82. The van der Waals surface area contributed by atoms with Gasteiger partial charge in [0.25, 0.3) is 0 Å². The monoisotopic (exact) mass is 215 g/mol. The molecular weight excluding hydrogens is 190 g/mol. The lowest BCUT2D eigenvalue weighted by Crippen LogP contribution is -2.39. The number of nitrogens with one attached hydrogen (secondary N) is 1. The Morgan fingerprint density at radius 2 is 1.86 bits per heavy atom. The molecule has 0 heterocycles.